The zero-order valence-electron chi connectivity index (χ0n) is 12.1. The lowest BCUT2D eigenvalue weighted by Gasteiger charge is -2.08. The van der Waals surface area contributed by atoms with E-state index >= 15 is 0 Å². The second-order valence-corrected chi connectivity index (χ2v) is 5.72. The SMILES string of the molecule is CCSc1ccccc1OCc1nc(-c2ccncc2)no1. The van der Waals surface area contributed by atoms with Crippen LogP contribution in [-0.4, -0.2) is 20.9 Å². The van der Waals surface area contributed by atoms with E-state index in [1.165, 1.54) is 0 Å². The molecule has 0 fully saturated rings. The van der Waals surface area contributed by atoms with Gasteiger partial charge in [-0.15, -0.1) is 11.8 Å². The van der Waals surface area contributed by atoms with Gasteiger partial charge in [0.1, 0.15) is 5.75 Å². The highest BCUT2D eigenvalue weighted by molar-refractivity contribution is 7.99. The van der Waals surface area contributed by atoms with E-state index in [1.54, 1.807) is 24.2 Å². The van der Waals surface area contributed by atoms with Crippen LogP contribution in [0.1, 0.15) is 12.8 Å². The minimum absolute atomic E-state index is 0.249. The van der Waals surface area contributed by atoms with Crippen LogP contribution in [0.2, 0.25) is 0 Å². The molecule has 0 amide bonds. The highest BCUT2D eigenvalue weighted by atomic mass is 32.2. The number of para-hydroxylation sites is 1. The van der Waals surface area contributed by atoms with Gasteiger partial charge < -0.3 is 9.26 Å². The summed E-state index contributed by atoms with van der Waals surface area (Å²) < 4.78 is 11.0. The van der Waals surface area contributed by atoms with Crippen LogP contribution in [0.15, 0.2) is 58.2 Å². The molecule has 3 aromatic rings. The molecule has 0 bridgehead atoms. The Labute approximate surface area is 132 Å². The number of thioether (sulfide) groups is 1. The minimum Gasteiger partial charge on any atom is -0.483 e. The molecule has 112 valence electrons. The Balaban J connectivity index is 1.69. The third kappa shape index (κ3) is 3.46. The summed E-state index contributed by atoms with van der Waals surface area (Å²) >= 11 is 1.74. The summed E-state index contributed by atoms with van der Waals surface area (Å²) in [5.41, 5.74) is 0.868. The Bertz CT molecular complexity index is 731. The molecule has 1 aromatic carbocycles. The van der Waals surface area contributed by atoms with Gasteiger partial charge in [0.15, 0.2) is 6.61 Å². The van der Waals surface area contributed by atoms with Crippen molar-refractivity contribution in [2.24, 2.45) is 0 Å². The second-order valence-electron chi connectivity index (χ2n) is 4.42. The number of hydrogen-bond acceptors (Lipinski definition) is 6. The lowest BCUT2D eigenvalue weighted by Crippen LogP contribution is -1.97. The summed E-state index contributed by atoms with van der Waals surface area (Å²) in [6.07, 6.45) is 3.39. The third-order valence-electron chi connectivity index (χ3n) is 2.91. The quantitative estimate of drug-likeness (QED) is 0.645. The van der Waals surface area contributed by atoms with Crippen molar-refractivity contribution in [3.8, 4) is 17.1 Å². The van der Waals surface area contributed by atoms with Crippen LogP contribution in [0, 0.1) is 0 Å². The summed E-state index contributed by atoms with van der Waals surface area (Å²) in [4.78, 5) is 9.41. The first-order valence-electron chi connectivity index (χ1n) is 6.94. The Hall–Kier alpha value is -2.34. The van der Waals surface area contributed by atoms with E-state index in [0.29, 0.717) is 11.7 Å². The van der Waals surface area contributed by atoms with Gasteiger partial charge in [-0.1, -0.05) is 24.2 Å². The molecule has 0 aliphatic heterocycles. The molecule has 6 heteroatoms. The zero-order valence-corrected chi connectivity index (χ0v) is 12.9. The van der Waals surface area contributed by atoms with Crippen molar-refractivity contribution in [2.75, 3.05) is 5.75 Å². The van der Waals surface area contributed by atoms with Gasteiger partial charge in [0, 0.05) is 22.9 Å². The molecule has 0 saturated carbocycles. The topological polar surface area (TPSA) is 61.0 Å². The van der Waals surface area contributed by atoms with Crippen molar-refractivity contribution in [1.82, 2.24) is 15.1 Å². The zero-order chi connectivity index (χ0) is 15.2. The van der Waals surface area contributed by atoms with Gasteiger partial charge in [-0.05, 0) is 30.0 Å². The number of aromatic nitrogens is 3. The van der Waals surface area contributed by atoms with E-state index < -0.39 is 0 Å². The third-order valence-corrected chi connectivity index (χ3v) is 3.84. The molecule has 0 unspecified atom stereocenters. The number of nitrogens with zero attached hydrogens (tertiary/aromatic N) is 3. The fourth-order valence-corrected chi connectivity index (χ4v) is 2.67. The molecule has 3 rings (SSSR count). The lowest BCUT2D eigenvalue weighted by atomic mass is 10.2. The smallest absolute Gasteiger partial charge is 0.264 e. The highest BCUT2D eigenvalue weighted by Crippen LogP contribution is 2.29. The largest absolute Gasteiger partial charge is 0.483 e. The molecule has 0 aliphatic carbocycles. The number of pyridine rings is 1. The molecule has 0 radical (unpaired) electrons. The van der Waals surface area contributed by atoms with Gasteiger partial charge >= 0.3 is 0 Å². The summed E-state index contributed by atoms with van der Waals surface area (Å²) in [5, 5.41) is 3.96. The van der Waals surface area contributed by atoms with Gasteiger partial charge in [-0.2, -0.15) is 4.98 Å². The maximum Gasteiger partial charge on any atom is 0.264 e. The molecule has 0 aliphatic rings. The Morgan fingerprint density at radius 1 is 1.14 bits per heavy atom. The number of ether oxygens (including phenoxy) is 1. The molecule has 0 N–H and O–H groups in total. The van der Waals surface area contributed by atoms with E-state index in [-0.39, 0.29) is 6.61 Å². The fraction of sp³-hybridized carbons (Fsp3) is 0.188. The van der Waals surface area contributed by atoms with Crippen LogP contribution in [-0.2, 0) is 6.61 Å². The van der Waals surface area contributed by atoms with Crippen molar-refractivity contribution in [3.63, 3.8) is 0 Å². The van der Waals surface area contributed by atoms with Gasteiger partial charge in [-0.25, -0.2) is 0 Å². The first kappa shape index (κ1) is 14.6. The fourth-order valence-electron chi connectivity index (χ4n) is 1.92. The maximum absolute atomic E-state index is 5.80. The summed E-state index contributed by atoms with van der Waals surface area (Å²) in [6.45, 7) is 2.36. The van der Waals surface area contributed by atoms with Gasteiger partial charge in [0.05, 0.1) is 0 Å². The number of hydrogen-bond donors (Lipinski definition) is 0. The van der Waals surface area contributed by atoms with Crippen molar-refractivity contribution < 1.29 is 9.26 Å². The monoisotopic (exact) mass is 313 g/mol. The summed E-state index contributed by atoms with van der Waals surface area (Å²) in [6, 6.07) is 11.6. The molecule has 5 nitrogen and oxygen atoms in total. The first-order chi connectivity index (χ1) is 10.9. The first-order valence-corrected chi connectivity index (χ1v) is 7.93. The highest BCUT2D eigenvalue weighted by Gasteiger charge is 2.10. The Kier molecular flexibility index (Phi) is 4.70. The molecular formula is C16H15N3O2S. The van der Waals surface area contributed by atoms with Crippen LogP contribution in [0.3, 0.4) is 0 Å². The van der Waals surface area contributed by atoms with Gasteiger partial charge in [0.2, 0.25) is 5.82 Å². The standard InChI is InChI=1S/C16H15N3O2S/c1-2-22-14-6-4-3-5-13(14)20-11-15-18-16(19-21-15)12-7-9-17-10-8-12/h3-10H,2,11H2,1H3. The molecule has 0 saturated heterocycles. The molecular weight excluding hydrogens is 298 g/mol. The van der Waals surface area contributed by atoms with Crippen LogP contribution in [0.4, 0.5) is 0 Å². The van der Waals surface area contributed by atoms with Crippen molar-refractivity contribution >= 4 is 11.8 Å². The molecule has 0 spiro atoms. The van der Waals surface area contributed by atoms with Crippen molar-refractivity contribution in [3.05, 3.63) is 54.7 Å². The Morgan fingerprint density at radius 3 is 2.77 bits per heavy atom. The maximum atomic E-state index is 5.80. The molecule has 0 atom stereocenters. The minimum atomic E-state index is 0.249. The van der Waals surface area contributed by atoms with Crippen molar-refractivity contribution in [1.29, 1.82) is 0 Å². The second kappa shape index (κ2) is 7.09. The van der Waals surface area contributed by atoms with E-state index in [4.69, 9.17) is 9.26 Å². The average Bonchev–Trinajstić information content (AvgIpc) is 3.04. The molecule has 22 heavy (non-hydrogen) atoms. The van der Waals surface area contributed by atoms with Gasteiger partial charge in [-0.3, -0.25) is 4.98 Å². The van der Waals surface area contributed by atoms with E-state index in [9.17, 15) is 0 Å². The summed E-state index contributed by atoms with van der Waals surface area (Å²) in [5.74, 6) is 2.81. The Morgan fingerprint density at radius 2 is 1.95 bits per heavy atom. The van der Waals surface area contributed by atoms with Crippen LogP contribution >= 0.6 is 11.8 Å². The van der Waals surface area contributed by atoms with Crippen LogP contribution < -0.4 is 4.74 Å². The number of benzene rings is 1. The van der Waals surface area contributed by atoms with Crippen LogP contribution in [0.5, 0.6) is 5.75 Å². The summed E-state index contributed by atoms with van der Waals surface area (Å²) in [7, 11) is 0. The van der Waals surface area contributed by atoms with Crippen molar-refractivity contribution in [2.45, 2.75) is 18.4 Å². The molecule has 2 heterocycles. The van der Waals surface area contributed by atoms with E-state index in [1.807, 2.05) is 36.4 Å². The van der Waals surface area contributed by atoms with E-state index in [0.717, 1.165) is 22.0 Å². The molecule has 2 aromatic heterocycles. The predicted octanol–water partition coefficient (Wildman–Crippen LogP) is 3.82. The average molecular weight is 313 g/mol. The van der Waals surface area contributed by atoms with Gasteiger partial charge in [0.25, 0.3) is 5.89 Å². The normalized spacial score (nSPS) is 10.6. The number of rotatable bonds is 6. The predicted molar refractivity (Wildman–Crippen MR) is 84.7 cm³/mol. The lowest BCUT2D eigenvalue weighted by molar-refractivity contribution is 0.238. The van der Waals surface area contributed by atoms with Crippen LogP contribution in [0.25, 0.3) is 11.4 Å². The van der Waals surface area contributed by atoms with E-state index in [2.05, 4.69) is 22.0 Å².